The summed E-state index contributed by atoms with van der Waals surface area (Å²) in [6.07, 6.45) is 2.87. The van der Waals surface area contributed by atoms with E-state index in [2.05, 4.69) is 0 Å². The summed E-state index contributed by atoms with van der Waals surface area (Å²) in [6, 6.07) is 14.6. The van der Waals surface area contributed by atoms with Crippen LogP contribution in [0.3, 0.4) is 0 Å². The molecular weight excluding hydrogens is 296 g/mol. The number of nitriles is 1. The molecule has 2 rings (SSSR count). The number of nitro groups is 1. The number of nitrogens with zero attached hydrogens (tertiary/aromatic N) is 2. The van der Waals surface area contributed by atoms with Gasteiger partial charge in [0.15, 0.2) is 0 Å². The quantitative estimate of drug-likeness (QED) is 0.366. The molecule has 0 fully saturated rings. The van der Waals surface area contributed by atoms with E-state index in [1.54, 1.807) is 30.3 Å². The summed E-state index contributed by atoms with van der Waals surface area (Å²) in [5.41, 5.74) is 1.97. The summed E-state index contributed by atoms with van der Waals surface area (Å²) < 4.78 is 5.05. The summed E-state index contributed by atoms with van der Waals surface area (Å²) in [6.45, 7) is 0.0362. The van der Waals surface area contributed by atoms with Crippen LogP contribution in [-0.2, 0) is 16.1 Å². The van der Waals surface area contributed by atoms with E-state index in [1.165, 1.54) is 30.3 Å². The van der Waals surface area contributed by atoms with E-state index in [4.69, 9.17) is 10.00 Å². The number of carbonyl (C=O) groups is 1. The number of nitro benzene ring substituents is 1. The van der Waals surface area contributed by atoms with Crippen LogP contribution in [0.4, 0.5) is 5.69 Å². The lowest BCUT2D eigenvalue weighted by molar-refractivity contribution is -0.384. The molecule has 114 valence electrons. The van der Waals surface area contributed by atoms with Gasteiger partial charge in [0.1, 0.15) is 6.61 Å². The van der Waals surface area contributed by atoms with Gasteiger partial charge in [-0.15, -0.1) is 0 Å². The molecule has 0 saturated carbocycles. The first-order valence-corrected chi connectivity index (χ1v) is 6.67. The minimum absolute atomic E-state index is 0.0132. The molecule has 0 heterocycles. The van der Waals surface area contributed by atoms with E-state index < -0.39 is 10.9 Å². The van der Waals surface area contributed by atoms with Gasteiger partial charge in [0.25, 0.3) is 5.69 Å². The summed E-state index contributed by atoms with van der Waals surface area (Å²) in [7, 11) is 0. The lowest BCUT2D eigenvalue weighted by Crippen LogP contribution is -2.00. The maximum absolute atomic E-state index is 11.6. The number of carbonyl (C=O) groups excluding carboxylic acids is 1. The lowest BCUT2D eigenvalue weighted by atomic mass is 10.1. The van der Waals surface area contributed by atoms with Crippen LogP contribution < -0.4 is 0 Å². The van der Waals surface area contributed by atoms with Crippen molar-refractivity contribution < 1.29 is 14.5 Å². The van der Waals surface area contributed by atoms with Gasteiger partial charge in [-0.2, -0.15) is 5.26 Å². The van der Waals surface area contributed by atoms with Gasteiger partial charge in [-0.25, -0.2) is 4.79 Å². The van der Waals surface area contributed by atoms with Crippen molar-refractivity contribution in [2.24, 2.45) is 0 Å². The third-order valence-corrected chi connectivity index (χ3v) is 2.98. The van der Waals surface area contributed by atoms with E-state index in [0.717, 1.165) is 5.56 Å². The average Bonchev–Trinajstić information content (AvgIpc) is 2.59. The molecule has 0 spiro atoms. The van der Waals surface area contributed by atoms with Crippen molar-refractivity contribution in [2.45, 2.75) is 6.61 Å². The van der Waals surface area contributed by atoms with Gasteiger partial charge < -0.3 is 4.74 Å². The molecule has 0 amide bonds. The summed E-state index contributed by atoms with van der Waals surface area (Å²) in [5, 5.41) is 19.2. The minimum atomic E-state index is -0.521. The Morgan fingerprint density at radius 2 is 1.83 bits per heavy atom. The van der Waals surface area contributed by atoms with E-state index >= 15 is 0 Å². The van der Waals surface area contributed by atoms with Crippen molar-refractivity contribution in [2.75, 3.05) is 0 Å². The molecule has 0 aliphatic carbocycles. The van der Waals surface area contributed by atoms with Crippen LogP contribution in [0.1, 0.15) is 16.7 Å². The minimum Gasteiger partial charge on any atom is -0.458 e. The Balaban J connectivity index is 1.87. The van der Waals surface area contributed by atoms with E-state index in [-0.39, 0.29) is 12.3 Å². The normalized spacial score (nSPS) is 10.2. The average molecular weight is 308 g/mol. The summed E-state index contributed by atoms with van der Waals surface area (Å²) in [4.78, 5) is 21.7. The van der Waals surface area contributed by atoms with Gasteiger partial charge in [0, 0.05) is 18.2 Å². The Morgan fingerprint density at radius 1 is 1.17 bits per heavy atom. The second-order valence-electron chi connectivity index (χ2n) is 4.60. The van der Waals surface area contributed by atoms with Gasteiger partial charge in [-0.1, -0.05) is 12.1 Å². The smallest absolute Gasteiger partial charge is 0.331 e. The van der Waals surface area contributed by atoms with Crippen molar-refractivity contribution in [3.05, 3.63) is 81.4 Å². The largest absolute Gasteiger partial charge is 0.458 e. The van der Waals surface area contributed by atoms with Crippen molar-refractivity contribution in [1.82, 2.24) is 0 Å². The number of ether oxygens (including phenoxy) is 1. The summed E-state index contributed by atoms with van der Waals surface area (Å²) in [5.74, 6) is -0.521. The number of benzene rings is 2. The summed E-state index contributed by atoms with van der Waals surface area (Å²) >= 11 is 0. The van der Waals surface area contributed by atoms with Gasteiger partial charge in [-0.3, -0.25) is 10.1 Å². The van der Waals surface area contributed by atoms with E-state index in [1.807, 2.05) is 6.07 Å². The molecule has 0 bridgehead atoms. The Hall–Kier alpha value is -3.46. The Labute approximate surface area is 132 Å². The molecule has 0 saturated heterocycles. The molecule has 0 atom stereocenters. The topological polar surface area (TPSA) is 93.2 Å². The maximum atomic E-state index is 11.6. The molecule has 6 nitrogen and oxygen atoms in total. The SMILES string of the molecule is N#Cc1ccc(/C=C/C(=O)OCc2ccc([N+](=O)[O-])cc2)cc1. The predicted octanol–water partition coefficient (Wildman–Crippen LogP) is 3.22. The fourth-order valence-electron chi connectivity index (χ4n) is 1.75. The fraction of sp³-hybridized carbons (Fsp3) is 0.0588. The number of rotatable bonds is 5. The number of esters is 1. The van der Waals surface area contributed by atoms with E-state index in [9.17, 15) is 14.9 Å². The third-order valence-electron chi connectivity index (χ3n) is 2.98. The van der Waals surface area contributed by atoms with Gasteiger partial charge in [0.2, 0.25) is 0 Å². The molecule has 0 radical (unpaired) electrons. The lowest BCUT2D eigenvalue weighted by Gasteiger charge is -2.02. The second kappa shape index (κ2) is 7.52. The van der Waals surface area contributed by atoms with Crippen molar-refractivity contribution in [1.29, 1.82) is 5.26 Å². The zero-order valence-corrected chi connectivity index (χ0v) is 12.0. The van der Waals surface area contributed by atoms with Crippen LogP contribution >= 0.6 is 0 Å². The highest BCUT2D eigenvalue weighted by Crippen LogP contribution is 2.12. The monoisotopic (exact) mass is 308 g/mol. The van der Waals surface area contributed by atoms with Crippen LogP contribution in [0.15, 0.2) is 54.6 Å². The molecular formula is C17H12N2O4. The Morgan fingerprint density at radius 3 is 2.39 bits per heavy atom. The molecule has 0 N–H and O–H groups in total. The van der Waals surface area contributed by atoms with Crippen molar-refractivity contribution >= 4 is 17.7 Å². The molecule has 23 heavy (non-hydrogen) atoms. The molecule has 0 aliphatic rings. The standard InChI is InChI=1S/C17H12N2O4/c18-11-14-3-1-13(2-4-14)7-10-17(20)23-12-15-5-8-16(9-6-15)19(21)22/h1-10H,12H2/b10-7+. The Kier molecular flexibility index (Phi) is 5.21. The second-order valence-corrected chi connectivity index (χ2v) is 4.60. The van der Waals surface area contributed by atoms with Crippen LogP contribution in [0.5, 0.6) is 0 Å². The zero-order chi connectivity index (χ0) is 16.7. The van der Waals surface area contributed by atoms with E-state index in [0.29, 0.717) is 11.1 Å². The molecule has 0 aliphatic heterocycles. The van der Waals surface area contributed by atoms with Crippen LogP contribution in [0.25, 0.3) is 6.08 Å². The molecule has 6 heteroatoms. The van der Waals surface area contributed by atoms with Gasteiger partial charge in [-0.05, 0) is 41.5 Å². The van der Waals surface area contributed by atoms with Gasteiger partial charge in [0.05, 0.1) is 16.6 Å². The predicted molar refractivity (Wildman–Crippen MR) is 83.1 cm³/mol. The number of hydrogen-bond donors (Lipinski definition) is 0. The number of hydrogen-bond acceptors (Lipinski definition) is 5. The highest BCUT2D eigenvalue weighted by atomic mass is 16.6. The first-order chi connectivity index (χ1) is 11.1. The first-order valence-electron chi connectivity index (χ1n) is 6.67. The van der Waals surface area contributed by atoms with Crippen molar-refractivity contribution in [3.8, 4) is 6.07 Å². The highest BCUT2D eigenvalue weighted by molar-refractivity contribution is 5.87. The maximum Gasteiger partial charge on any atom is 0.331 e. The molecule has 2 aromatic rings. The van der Waals surface area contributed by atoms with Crippen molar-refractivity contribution in [3.63, 3.8) is 0 Å². The van der Waals surface area contributed by atoms with Crippen LogP contribution in [0, 0.1) is 21.4 Å². The van der Waals surface area contributed by atoms with Crippen LogP contribution in [0.2, 0.25) is 0 Å². The van der Waals surface area contributed by atoms with Crippen LogP contribution in [-0.4, -0.2) is 10.9 Å². The van der Waals surface area contributed by atoms with Gasteiger partial charge >= 0.3 is 5.97 Å². The fourth-order valence-corrected chi connectivity index (χ4v) is 1.75. The Bertz CT molecular complexity index is 772. The first kappa shape index (κ1) is 15.9. The molecule has 2 aromatic carbocycles. The molecule has 0 aromatic heterocycles. The number of non-ortho nitro benzene ring substituents is 1. The molecule has 0 unspecified atom stereocenters. The highest BCUT2D eigenvalue weighted by Gasteiger charge is 2.05. The third kappa shape index (κ3) is 4.79. The zero-order valence-electron chi connectivity index (χ0n) is 12.0.